The molecular formula is C27H35Cl2N3O4S. The van der Waals surface area contributed by atoms with Crippen molar-refractivity contribution in [2.24, 2.45) is 0 Å². The molecule has 1 fully saturated rings. The Balaban J connectivity index is 1.91. The number of nitrogens with zero attached hydrogens (tertiary/aromatic N) is 2. The van der Waals surface area contributed by atoms with Crippen LogP contribution in [0.5, 0.6) is 0 Å². The van der Waals surface area contributed by atoms with Crippen LogP contribution in [0.25, 0.3) is 0 Å². The van der Waals surface area contributed by atoms with E-state index in [4.69, 9.17) is 23.2 Å². The first-order chi connectivity index (χ1) is 17.5. The highest BCUT2D eigenvalue weighted by Gasteiger charge is 2.31. The molecule has 1 aliphatic rings. The van der Waals surface area contributed by atoms with E-state index in [9.17, 15) is 18.0 Å². The number of rotatable bonds is 10. The number of aryl methyl sites for hydroxylation is 1. The highest BCUT2D eigenvalue weighted by Crippen LogP contribution is 2.26. The second-order valence-corrected chi connectivity index (χ2v) is 12.3. The third-order valence-electron chi connectivity index (χ3n) is 6.78. The molecule has 0 bridgehead atoms. The highest BCUT2D eigenvalue weighted by atomic mass is 35.5. The molecule has 0 aliphatic heterocycles. The van der Waals surface area contributed by atoms with E-state index in [1.165, 1.54) is 4.90 Å². The van der Waals surface area contributed by atoms with Crippen molar-refractivity contribution >= 4 is 50.7 Å². The van der Waals surface area contributed by atoms with E-state index >= 15 is 0 Å². The van der Waals surface area contributed by atoms with Gasteiger partial charge in [0, 0.05) is 12.6 Å². The number of benzene rings is 2. The minimum Gasteiger partial charge on any atom is -0.352 e. The normalized spacial score (nSPS) is 15.2. The number of halogens is 2. The van der Waals surface area contributed by atoms with Crippen LogP contribution >= 0.6 is 23.2 Å². The number of hydrogen-bond donors (Lipinski definition) is 1. The van der Waals surface area contributed by atoms with Crippen LogP contribution in [0.1, 0.15) is 57.1 Å². The van der Waals surface area contributed by atoms with Crippen LogP contribution in [0.4, 0.5) is 5.69 Å². The van der Waals surface area contributed by atoms with Gasteiger partial charge in [0.15, 0.2) is 0 Å². The number of para-hydroxylation sites is 1. The van der Waals surface area contributed by atoms with E-state index in [1.54, 1.807) is 37.3 Å². The minimum atomic E-state index is -3.79. The molecule has 3 rings (SSSR count). The molecule has 202 valence electrons. The molecule has 7 nitrogen and oxygen atoms in total. The lowest BCUT2D eigenvalue weighted by Crippen LogP contribution is -2.53. The van der Waals surface area contributed by atoms with Gasteiger partial charge in [-0.05, 0) is 55.5 Å². The molecule has 10 heteroatoms. The third-order valence-corrected chi connectivity index (χ3v) is 8.64. The van der Waals surface area contributed by atoms with E-state index in [0.29, 0.717) is 27.7 Å². The van der Waals surface area contributed by atoms with E-state index in [0.717, 1.165) is 48.2 Å². The number of carbonyl (C=O) groups excluding carboxylic acids is 2. The second-order valence-electron chi connectivity index (χ2n) is 9.54. The molecule has 0 radical (unpaired) electrons. The van der Waals surface area contributed by atoms with Gasteiger partial charge < -0.3 is 10.2 Å². The molecule has 0 unspecified atom stereocenters. The SMILES string of the molecule is CCc1ccccc1N(CC(=O)N(Cc1ccc(Cl)c(Cl)c1)[C@@H](C)C(=O)NC1CCCCC1)S(C)(=O)=O. The summed E-state index contributed by atoms with van der Waals surface area (Å²) in [5, 5.41) is 3.80. The van der Waals surface area contributed by atoms with Crippen LogP contribution in [0.15, 0.2) is 42.5 Å². The van der Waals surface area contributed by atoms with Crippen LogP contribution < -0.4 is 9.62 Å². The van der Waals surface area contributed by atoms with Crippen molar-refractivity contribution in [2.75, 3.05) is 17.1 Å². The number of nitrogens with one attached hydrogen (secondary N) is 1. The van der Waals surface area contributed by atoms with Gasteiger partial charge in [0.2, 0.25) is 21.8 Å². The van der Waals surface area contributed by atoms with Crippen LogP contribution in [-0.2, 0) is 32.6 Å². The monoisotopic (exact) mass is 567 g/mol. The molecule has 0 spiro atoms. The Labute approximate surface area is 230 Å². The van der Waals surface area contributed by atoms with Gasteiger partial charge in [0.25, 0.3) is 0 Å². The number of sulfonamides is 1. The van der Waals surface area contributed by atoms with Gasteiger partial charge in [0.05, 0.1) is 22.0 Å². The zero-order chi connectivity index (χ0) is 27.2. The Hall–Kier alpha value is -2.29. The van der Waals surface area contributed by atoms with E-state index in [2.05, 4.69) is 5.32 Å². The van der Waals surface area contributed by atoms with Crippen LogP contribution in [0, 0.1) is 0 Å². The Morgan fingerprint density at radius 2 is 1.73 bits per heavy atom. The maximum Gasteiger partial charge on any atom is 0.244 e. The fourth-order valence-corrected chi connectivity index (χ4v) is 5.83. The van der Waals surface area contributed by atoms with E-state index < -0.39 is 28.5 Å². The molecule has 1 atom stereocenters. The fraction of sp³-hybridized carbons (Fsp3) is 0.481. The molecule has 2 aromatic rings. The van der Waals surface area contributed by atoms with Crippen molar-refractivity contribution in [3.63, 3.8) is 0 Å². The zero-order valence-electron chi connectivity index (χ0n) is 21.5. The van der Waals surface area contributed by atoms with Gasteiger partial charge in [-0.2, -0.15) is 0 Å². The van der Waals surface area contributed by atoms with Gasteiger partial charge in [-0.25, -0.2) is 8.42 Å². The van der Waals surface area contributed by atoms with Crippen LogP contribution in [-0.4, -0.2) is 50.0 Å². The van der Waals surface area contributed by atoms with E-state index in [1.807, 2.05) is 19.1 Å². The van der Waals surface area contributed by atoms with E-state index in [-0.39, 0.29) is 18.5 Å². The van der Waals surface area contributed by atoms with Crippen molar-refractivity contribution in [2.45, 2.75) is 71.0 Å². The molecule has 0 heterocycles. The minimum absolute atomic E-state index is 0.0714. The van der Waals surface area contributed by atoms with Gasteiger partial charge >= 0.3 is 0 Å². The lowest BCUT2D eigenvalue weighted by molar-refractivity contribution is -0.139. The first-order valence-corrected chi connectivity index (χ1v) is 15.2. The van der Waals surface area contributed by atoms with Gasteiger partial charge in [-0.1, -0.05) is 73.7 Å². The Morgan fingerprint density at radius 3 is 2.35 bits per heavy atom. The van der Waals surface area contributed by atoms with Crippen molar-refractivity contribution in [1.29, 1.82) is 0 Å². The van der Waals surface area contributed by atoms with Crippen LogP contribution in [0.2, 0.25) is 10.0 Å². The number of amides is 2. The standard InChI is InChI=1S/C27H35Cl2N3O4S/c1-4-21-10-8-9-13-25(21)32(37(3,35)36)18-26(33)31(17-20-14-15-23(28)24(29)16-20)19(2)27(34)30-22-11-6-5-7-12-22/h8-10,13-16,19,22H,4-7,11-12,17-18H2,1-3H3,(H,30,34)/t19-/m0/s1. The van der Waals surface area contributed by atoms with Crippen molar-refractivity contribution in [1.82, 2.24) is 10.2 Å². The summed E-state index contributed by atoms with van der Waals surface area (Å²) < 4.78 is 26.7. The summed E-state index contributed by atoms with van der Waals surface area (Å²) in [6.07, 6.45) is 6.78. The first kappa shape index (κ1) is 29.3. The maximum atomic E-state index is 13.7. The number of hydrogen-bond acceptors (Lipinski definition) is 4. The summed E-state index contributed by atoms with van der Waals surface area (Å²) in [6, 6.07) is 11.4. The molecule has 1 aliphatic carbocycles. The van der Waals surface area contributed by atoms with Crippen molar-refractivity contribution < 1.29 is 18.0 Å². The summed E-state index contributed by atoms with van der Waals surface area (Å²) in [4.78, 5) is 28.4. The molecule has 37 heavy (non-hydrogen) atoms. The largest absolute Gasteiger partial charge is 0.352 e. The van der Waals surface area contributed by atoms with Gasteiger partial charge in [-0.3, -0.25) is 13.9 Å². The average molecular weight is 569 g/mol. The summed E-state index contributed by atoms with van der Waals surface area (Å²) in [6.45, 7) is 3.23. The topological polar surface area (TPSA) is 86.8 Å². The Morgan fingerprint density at radius 1 is 1.05 bits per heavy atom. The zero-order valence-corrected chi connectivity index (χ0v) is 23.9. The van der Waals surface area contributed by atoms with Crippen molar-refractivity contribution in [3.05, 3.63) is 63.6 Å². The Bertz CT molecular complexity index is 1220. The predicted octanol–water partition coefficient (Wildman–Crippen LogP) is 5.19. The molecule has 0 saturated heterocycles. The van der Waals surface area contributed by atoms with Gasteiger partial charge in [-0.15, -0.1) is 0 Å². The van der Waals surface area contributed by atoms with Crippen LogP contribution in [0.3, 0.4) is 0 Å². The Kier molecular flexibility index (Phi) is 10.3. The molecule has 2 amide bonds. The molecule has 2 aromatic carbocycles. The average Bonchev–Trinajstić information content (AvgIpc) is 2.87. The molecular weight excluding hydrogens is 533 g/mol. The quantitative estimate of drug-likeness (QED) is 0.428. The number of anilines is 1. The lowest BCUT2D eigenvalue weighted by Gasteiger charge is -2.33. The molecule has 1 N–H and O–H groups in total. The smallest absolute Gasteiger partial charge is 0.244 e. The summed E-state index contributed by atoms with van der Waals surface area (Å²) in [7, 11) is -3.79. The fourth-order valence-electron chi connectivity index (χ4n) is 4.63. The third kappa shape index (κ3) is 7.85. The summed E-state index contributed by atoms with van der Waals surface area (Å²) in [5.41, 5.74) is 1.94. The molecule has 1 saturated carbocycles. The maximum absolute atomic E-state index is 13.7. The molecule has 0 aromatic heterocycles. The second kappa shape index (κ2) is 13.0. The summed E-state index contributed by atoms with van der Waals surface area (Å²) in [5.74, 6) is -0.756. The summed E-state index contributed by atoms with van der Waals surface area (Å²) >= 11 is 12.3. The lowest BCUT2D eigenvalue weighted by atomic mass is 9.95. The first-order valence-electron chi connectivity index (χ1n) is 12.6. The predicted molar refractivity (Wildman–Crippen MR) is 149 cm³/mol. The van der Waals surface area contributed by atoms with Crippen molar-refractivity contribution in [3.8, 4) is 0 Å². The number of carbonyl (C=O) groups is 2. The highest BCUT2D eigenvalue weighted by molar-refractivity contribution is 7.92. The van der Waals surface area contributed by atoms with Gasteiger partial charge in [0.1, 0.15) is 12.6 Å².